The van der Waals surface area contributed by atoms with Gasteiger partial charge in [0.15, 0.2) is 0 Å². The van der Waals surface area contributed by atoms with Crippen molar-refractivity contribution in [1.29, 1.82) is 0 Å². The van der Waals surface area contributed by atoms with E-state index in [-0.39, 0.29) is 18.2 Å². The fourth-order valence-electron chi connectivity index (χ4n) is 2.24. The molecule has 0 saturated heterocycles. The molecule has 2 aromatic rings. The lowest BCUT2D eigenvalue weighted by Gasteiger charge is -2.23. The fourth-order valence-corrected chi connectivity index (χ4v) is 2.62. The van der Waals surface area contributed by atoms with Gasteiger partial charge in [-0.15, -0.1) is 0 Å². The molecule has 2 aromatic carbocycles. The number of nitrogens with zero attached hydrogens (tertiary/aromatic N) is 1. The molecular formula is C15H10Cl2N2O2. The first-order valence-corrected chi connectivity index (χ1v) is 6.99. The minimum Gasteiger partial charge on any atom is -0.324 e. The average Bonchev–Trinajstić information content (AvgIpc) is 2.55. The van der Waals surface area contributed by atoms with Crippen LogP contribution in [0.1, 0.15) is 6.42 Å². The van der Waals surface area contributed by atoms with Gasteiger partial charge in [-0.2, -0.15) is 0 Å². The smallest absolute Gasteiger partial charge is 0.241 e. The van der Waals surface area contributed by atoms with Crippen molar-refractivity contribution in [2.45, 2.75) is 6.42 Å². The Hall–Kier alpha value is -2.04. The highest BCUT2D eigenvalue weighted by Gasteiger charge is 2.28. The molecule has 1 aliphatic rings. The number of nitrogens with one attached hydrogen (secondary N) is 1. The minimum atomic E-state index is -0.363. The van der Waals surface area contributed by atoms with E-state index in [2.05, 4.69) is 5.32 Å². The predicted octanol–water partition coefficient (Wildman–Crippen LogP) is 4.00. The molecule has 0 fully saturated rings. The molecule has 2 amide bonds. The van der Waals surface area contributed by atoms with Crippen molar-refractivity contribution in [3.05, 3.63) is 52.5 Å². The molecule has 0 aliphatic carbocycles. The van der Waals surface area contributed by atoms with Crippen LogP contribution < -0.4 is 10.2 Å². The minimum absolute atomic E-state index is 0.252. The monoisotopic (exact) mass is 320 g/mol. The SMILES string of the molecule is O=C1CC(=O)N(c2ccccc2Cl)c2cc(Cl)ccc2N1. The normalized spacial score (nSPS) is 14.5. The van der Waals surface area contributed by atoms with Crippen LogP contribution in [-0.4, -0.2) is 11.8 Å². The number of anilines is 3. The summed E-state index contributed by atoms with van der Waals surface area (Å²) < 4.78 is 0. The average molecular weight is 321 g/mol. The van der Waals surface area contributed by atoms with E-state index in [1.165, 1.54) is 4.90 Å². The Balaban J connectivity index is 2.23. The first-order chi connectivity index (χ1) is 10.1. The van der Waals surface area contributed by atoms with Gasteiger partial charge >= 0.3 is 0 Å². The molecule has 0 bridgehead atoms. The van der Waals surface area contributed by atoms with E-state index in [1.807, 2.05) is 0 Å². The third kappa shape index (κ3) is 2.60. The number of benzene rings is 2. The molecule has 4 nitrogen and oxygen atoms in total. The molecule has 3 rings (SSSR count). The summed E-state index contributed by atoms with van der Waals surface area (Å²) in [5, 5.41) is 3.59. The van der Waals surface area contributed by atoms with E-state index in [1.54, 1.807) is 42.5 Å². The summed E-state index contributed by atoms with van der Waals surface area (Å²) in [6, 6.07) is 11.9. The number of para-hydroxylation sites is 1. The number of amides is 2. The summed E-state index contributed by atoms with van der Waals surface area (Å²) in [5.41, 5.74) is 1.55. The van der Waals surface area contributed by atoms with Crippen LogP contribution in [0.2, 0.25) is 10.0 Å². The van der Waals surface area contributed by atoms with E-state index in [4.69, 9.17) is 23.2 Å². The zero-order valence-electron chi connectivity index (χ0n) is 10.8. The molecule has 6 heteroatoms. The Morgan fingerprint density at radius 1 is 1.00 bits per heavy atom. The number of hydrogen-bond donors (Lipinski definition) is 1. The van der Waals surface area contributed by atoms with Crippen LogP contribution in [-0.2, 0) is 9.59 Å². The van der Waals surface area contributed by atoms with Gasteiger partial charge in [0.25, 0.3) is 0 Å². The Morgan fingerprint density at radius 3 is 2.52 bits per heavy atom. The van der Waals surface area contributed by atoms with Crippen LogP contribution >= 0.6 is 23.2 Å². The van der Waals surface area contributed by atoms with Crippen LogP contribution in [0.3, 0.4) is 0 Å². The molecule has 0 spiro atoms. The first kappa shape index (κ1) is 13.9. The van der Waals surface area contributed by atoms with Gasteiger partial charge in [0.2, 0.25) is 11.8 Å². The zero-order valence-corrected chi connectivity index (χ0v) is 12.3. The van der Waals surface area contributed by atoms with Gasteiger partial charge in [-0.05, 0) is 30.3 Å². The summed E-state index contributed by atoms with van der Waals surface area (Å²) in [7, 11) is 0. The third-order valence-electron chi connectivity index (χ3n) is 3.13. The molecule has 106 valence electrons. The lowest BCUT2D eigenvalue weighted by atomic mass is 10.2. The largest absolute Gasteiger partial charge is 0.324 e. The van der Waals surface area contributed by atoms with E-state index in [0.717, 1.165) is 0 Å². The summed E-state index contributed by atoms with van der Waals surface area (Å²) in [4.78, 5) is 25.6. The summed E-state index contributed by atoms with van der Waals surface area (Å²) in [6.07, 6.45) is -0.252. The maximum absolute atomic E-state index is 12.4. The lowest BCUT2D eigenvalue weighted by Crippen LogP contribution is -2.26. The van der Waals surface area contributed by atoms with Crippen LogP contribution in [0.25, 0.3) is 0 Å². The zero-order chi connectivity index (χ0) is 15.0. The summed E-state index contributed by atoms with van der Waals surface area (Å²) in [6.45, 7) is 0. The van der Waals surface area contributed by atoms with Gasteiger partial charge in [-0.3, -0.25) is 14.5 Å². The van der Waals surface area contributed by atoms with Gasteiger partial charge in [-0.25, -0.2) is 0 Å². The Labute approximate surface area is 131 Å². The molecule has 21 heavy (non-hydrogen) atoms. The standard InChI is InChI=1S/C15H10Cl2N2O2/c16-9-5-6-11-13(7-9)19(15(21)8-14(20)18-11)12-4-2-1-3-10(12)17/h1-7H,8H2,(H,18,20). The van der Waals surface area contributed by atoms with Gasteiger partial charge in [0.05, 0.1) is 22.1 Å². The molecule has 0 atom stereocenters. The van der Waals surface area contributed by atoms with Gasteiger partial charge in [-0.1, -0.05) is 35.3 Å². The number of hydrogen-bond acceptors (Lipinski definition) is 2. The molecule has 1 N–H and O–H groups in total. The van der Waals surface area contributed by atoms with Crippen molar-refractivity contribution in [1.82, 2.24) is 0 Å². The van der Waals surface area contributed by atoms with E-state index >= 15 is 0 Å². The summed E-state index contributed by atoms with van der Waals surface area (Å²) >= 11 is 12.2. The second-order valence-corrected chi connectivity index (χ2v) is 5.41. The maximum Gasteiger partial charge on any atom is 0.241 e. The van der Waals surface area contributed by atoms with Crippen molar-refractivity contribution >= 4 is 52.1 Å². The second-order valence-electron chi connectivity index (χ2n) is 4.57. The quantitative estimate of drug-likeness (QED) is 0.807. The van der Waals surface area contributed by atoms with Crippen molar-refractivity contribution in [2.75, 3.05) is 10.2 Å². The Kier molecular flexibility index (Phi) is 3.57. The van der Waals surface area contributed by atoms with Gasteiger partial charge in [0, 0.05) is 5.02 Å². The number of halogens is 2. The van der Waals surface area contributed by atoms with Crippen molar-refractivity contribution in [3.63, 3.8) is 0 Å². The molecule has 0 unspecified atom stereocenters. The summed E-state index contributed by atoms with van der Waals surface area (Å²) in [5.74, 6) is -0.722. The van der Waals surface area contributed by atoms with Crippen molar-refractivity contribution in [3.8, 4) is 0 Å². The molecule has 0 aromatic heterocycles. The predicted molar refractivity (Wildman–Crippen MR) is 83.3 cm³/mol. The molecular weight excluding hydrogens is 311 g/mol. The van der Waals surface area contributed by atoms with Crippen LogP contribution in [0.15, 0.2) is 42.5 Å². The second kappa shape index (κ2) is 5.39. The number of carbonyl (C=O) groups excluding carboxylic acids is 2. The third-order valence-corrected chi connectivity index (χ3v) is 3.68. The lowest BCUT2D eigenvalue weighted by molar-refractivity contribution is -0.124. The van der Waals surface area contributed by atoms with Crippen molar-refractivity contribution in [2.24, 2.45) is 0 Å². The first-order valence-electron chi connectivity index (χ1n) is 6.23. The van der Waals surface area contributed by atoms with Crippen molar-refractivity contribution < 1.29 is 9.59 Å². The topological polar surface area (TPSA) is 49.4 Å². The Bertz CT molecular complexity index is 746. The molecule has 0 radical (unpaired) electrons. The van der Waals surface area contributed by atoms with Gasteiger partial charge < -0.3 is 5.32 Å². The van der Waals surface area contributed by atoms with Gasteiger partial charge in [0.1, 0.15) is 6.42 Å². The molecule has 0 saturated carbocycles. The highest BCUT2D eigenvalue weighted by Crippen LogP contribution is 2.39. The van der Waals surface area contributed by atoms with E-state index < -0.39 is 0 Å². The molecule has 1 heterocycles. The van der Waals surface area contributed by atoms with Crippen LogP contribution in [0, 0.1) is 0 Å². The fraction of sp³-hybridized carbons (Fsp3) is 0.0667. The molecule has 1 aliphatic heterocycles. The van der Waals surface area contributed by atoms with Crippen LogP contribution in [0.5, 0.6) is 0 Å². The number of carbonyl (C=O) groups is 2. The highest BCUT2D eigenvalue weighted by molar-refractivity contribution is 6.35. The Morgan fingerprint density at radius 2 is 1.76 bits per heavy atom. The van der Waals surface area contributed by atoms with E-state index in [9.17, 15) is 9.59 Å². The number of rotatable bonds is 1. The van der Waals surface area contributed by atoms with E-state index in [0.29, 0.717) is 27.1 Å². The number of fused-ring (bicyclic) bond motifs is 1. The van der Waals surface area contributed by atoms with Crippen LogP contribution in [0.4, 0.5) is 17.1 Å². The maximum atomic E-state index is 12.4. The highest BCUT2D eigenvalue weighted by atomic mass is 35.5.